The quantitative estimate of drug-likeness (QED) is 0.264. The van der Waals surface area contributed by atoms with Crippen molar-refractivity contribution >= 4 is 39.3 Å². The number of aromatic nitrogens is 1. The van der Waals surface area contributed by atoms with E-state index in [1.54, 1.807) is 26.0 Å². The van der Waals surface area contributed by atoms with Crippen LogP contribution in [0.4, 0.5) is 13.2 Å². The van der Waals surface area contributed by atoms with Gasteiger partial charge in [0.1, 0.15) is 11.5 Å². The van der Waals surface area contributed by atoms with E-state index in [9.17, 15) is 22.8 Å². The number of benzene rings is 2. The number of allylic oxidation sites excluding steroid dienone is 1. The minimum Gasteiger partial charge on any atom is -0.463 e. The fraction of sp³-hybridized carbons (Fsp3) is 0.179. The van der Waals surface area contributed by atoms with Crippen LogP contribution in [0.15, 0.2) is 90.6 Å². The molecule has 0 saturated heterocycles. The van der Waals surface area contributed by atoms with Gasteiger partial charge >= 0.3 is 12.1 Å². The lowest BCUT2D eigenvalue weighted by molar-refractivity contribution is -0.139. The highest BCUT2D eigenvalue weighted by Gasteiger charge is 2.33. The van der Waals surface area contributed by atoms with Crippen LogP contribution >= 0.6 is 27.3 Å². The lowest BCUT2D eigenvalue weighted by Crippen LogP contribution is -2.39. The summed E-state index contributed by atoms with van der Waals surface area (Å²) < 4.78 is 53.1. The highest BCUT2D eigenvalue weighted by molar-refractivity contribution is 9.10. The Morgan fingerprint density at radius 3 is 2.62 bits per heavy atom. The summed E-state index contributed by atoms with van der Waals surface area (Å²) in [4.78, 5) is 31.5. The average Bonchev–Trinajstić information content (AvgIpc) is 3.48. The molecule has 2 aromatic heterocycles. The van der Waals surface area contributed by atoms with Crippen LogP contribution in [0, 0.1) is 0 Å². The van der Waals surface area contributed by atoms with Crippen molar-refractivity contribution in [1.82, 2.24) is 4.57 Å². The van der Waals surface area contributed by atoms with Gasteiger partial charge in [-0.1, -0.05) is 51.5 Å². The third kappa shape index (κ3) is 5.28. The number of esters is 1. The van der Waals surface area contributed by atoms with Gasteiger partial charge in [0.15, 0.2) is 4.80 Å². The molecule has 0 radical (unpaired) electrons. The second-order valence-corrected chi connectivity index (χ2v) is 10.6. The topological polar surface area (TPSA) is 73.8 Å². The van der Waals surface area contributed by atoms with Gasteiger partial charge < -0.3 is 9.15 Å². The second kappa shape index (κ2) is 10.5. The molecule has 2 aromatic carbocycles. The van der Waals surface area contributed by atoms with E-state index < -0.39 is 29.3 Å². The third-order valence-corrected chi connectivity index (χ3v) is 7.59. The van der Waals surface area contributed by atoms with Gasteiger partial charge in [0.05, 0.1) is 34.0 Å². The van der Waals surface area contributed by atoms with E-state index in [1.807, 2.05) is 24.3 Å². The number of carbonyl (C=O) groups is 1. The molecule has 0 fully saturated rings. The monoisotopic (exact) mass is 616 g/mol. The van der Waals surface area contributed by atoms with Crippen LogP contribution in [0.3, 0.4) is 0 Å². The standard InChI is InChI=1S/C28H20BrF3N2O4S/c1-3-37-26(36)23-15(2)33-27-34(24(23)16-7-9-19(29)10-8-16)25(35)22(39-27)14-20-11-12-21(38-20)17-5-4-6-18(13-17)28(30,31)32/h4-14,24H,3H2,1-2H3/b22-14-/t24-/m1/s1. The maximum atomic E-state index is 13.7. The van der Waals surface area contributed by atoms with Crippen LogP contribution in [-0.4, -0.2) is 17.1 Å². The van der Waals surface area contributed by atoms with E-state index in [1.165, 1.54) is 22.8 Å². The van der Waals surface area contributed by atoms with Crippen LogP contribution in [0.1, 0.15) is 36.8 Å². The summed E-state index contributed by atoms with van der Waals surface area (Å²) in [5, 5.41) is 0. The van der Waals surface area contributed by atoms with E-state index in [0.29, 0.717) is 20.6 Å². The zero-order valence-electron chi connectivity index (χ0n) is 20.6. The lowest BCUT2D eigenvalue weighted by Gasteiger charge is -2.24. The molecule has 1 aliphatic heterocycles. The molecular formula is C28H20BrF3N2O4S. The zero-order chi connectivity index (χ0) is 27.9. The molecule has 200 valence electrons. The molecule has 39 heavy (non-hydrogen) atoms. The number of furan rings is 1. The van der Waals surface area contributed by atoms with Gasteiger partial charge in [0, 0.05) is 16.1 Å². The number of carbonyl (C=O) groups excluding carboxylic acids is 1. The Hall–Kier alpha value is -3.70. The van der Waals surface area contributed by atoms with Gasteiger partial charge in [-0.15, -0.1) is 0 Å². The van der Waals surface area contributed by atoms with Gasteiger partial charge in [0.25, 0.3) is 5.56 Å². The molecule has 0 aliphatic carbocycles. The number of rotatable bonds is 5. The highest BCUT2D eigenvalue weighted by atomic mass is 79.9. The van der Waals surface area contributed by atoms with Crippen molar-refractivity contribution in [2.45, 2.75) is 26.1 Å². The van der Waals surface area contributed by atoms with Crippen LogP contribution in [0.2, 0.25) is 0 Å². The van der Waals surface area contributed by atoms with Crippen molar-refractivity contribution in [2.75, 3.05) is 6.61 Å². The number of nitrogens with zero attached hydrogens (tertiary/aromatic N) is 2. The summed E-state index contributed by atoms with van der Waals surface area (Å²) in [6, 6.07) is 14.5. The van der Waals surface area contributed by atoms with Crippen LogP contribution in [0.5, 0.6) is 0 Å². The van der Waals surface area contributed by atoms with Gasteiger partial charge in [-0.2, -0.15) is 13.2 Å². The number of alkyl halides is 3. The number of hydrogen-bond donors (Lipinski definition) is 0. The fourth-order valence-electron chi connectivity index (χ4n) is 4.32. The number of ether oxygens (including phenoxy) is 1. The molecule has 4 aromatic rings. The van der Waals surface area contributed by atoms with Crippen molar-refractivity contribution in [3.8, 4) is 11.3 Å². The predicted octanol–water partition coefficient (Wildman–Crippen LogP) is 5.84. The molecule has 3 heterocycles. The lowest BCUT2D eigenvalue weighted by atomic mass is 9.96. The molecule has 0 bridgehead atoms. The highest BCUT2D eigenvalue weighted by Crippen LogP contribution is 2.33. The molecule has 1 atom stereocenters. The first-order valence-corrected chi connectivity index (χ1v) is 13.4. The van der Waals surface area contributed by atoms with Gasteiger partial charge in [0.2, 0.25) is 0 Å². The molecule has 5 rings (SSSR count). The van der Waals surface area contributed by atoms with Gasteiger partial charge in [-0.25, -0.2) is 9.79 Å². The van der Waals surface area contributed by atoms with Crippen molar-refractivity contribution in [3.05, 3.63) is 113 Å². The predicted molar refractivity (Wildman–Crippen MR) is 144 cm³/mol. The fourth-order valence-corrected chi connectivity index (χ4v) is 5.61. The van der Waals surface area contributed by atoms with Crippen LogP contribution in [0.25, 0.3) is 17.4 Å². The van der Waals surface area contributed by atoms with E-state index in [0.717, 1.165) is 27.9 Å². The summed E-state index contributed by atoms with van der Waals surface area (Å²) in [5.41, 5.74) is 0.496. The van der Waals surface area contributed by atoms with Crippen molar-refractivity contribution in [2.24, 2.45) is 4.99 Å². The average molecular weight is 617 g/mol. The first kappa shape index (κ1) is 26.9. The van der Waals surface area contributed by atoms with Crippen molar-refractivity contribution < 1.29 is 27.1 Å². The minimum absolute atomic E-state index is 0.166. The molecule has 0 amide bonds. The number of hydrogen-bond acceptors (Lipinski definition) is 6. The minimum atomic E-state index is -4.48. The molecule has 11 heteroatoms. The van der Waals surface area contributed by atoms with E-state index in [2.05, 4.69) is 20.9 Å². The maximum Gasteiger partial charge on any atom is 0.416 e. The maximum absolute atomic E-state index is 13.7. The summed E-state index contributed by atoms with van der Waals surface area (Å²) in [5.74, 6) is -0.0415. The molecule has 6 nitrogen and oxygen atoms in total. The number of halogens is 4. The second-order valence-electron chi connectivity index (χ2n) is 8.63. The van der Waals surface area contributed by atoms with Gasteiger partial charge in [-0.05, 0) is 55.8 Å². The first-order chi connectivity index (χ1) is 18.6. The Labute approximate surface area is 232 Å². The largest absolute Gasteiger partial charge is 0.463 e. The number of thiazole rings is 1. The SMILES string of the molecule is CCOC(=O)C1=C(C)N=c2s/c(=C\c3ccc(-c4cccc(C(F)(F)F)c4)o3)c(=O)n2[C@@H]1c1ccc(Br)cc1. The van der Waals surface area contributed by atoms with Crippen molar-refractivity contribution in [1.29, 1.82) is 0 Å². The molecule has 0 N–H and O–H groups in total. The van der Waals surface area contributed by atoms with Gasteiger partial charge in [-0.3, -0.25) is 9.36 Å². The zero-order valence-corrected chi connectivity index (χ0v) is 23.0. The van der Waals surface area contributed by atoms with E-state index in [4.69, 9.17) is 9.15 Å². The number of fused-ring (bicyclic) bond motifs is 1. The Bertz CT molecular complexity index is 1780. The van der Waals surface area contributed by atoms with Crippen LogP contribution < -0.4 is 14.9 Å². The van der Waals surface area contributed by atoms with Crippen LogP contribution in [-0.2, 0) is 15.7 Å². The Morgan fingerprint density at radius 2 is 1.92 bits per heavy atom. The molecular weight excluding hydrogens is 597 g/mol. The smallest absolute Gasteiger partial charge is 0.416 e. The summed E-state index contributed by atoms with van der Waals surface area (Å²) in [6.07, 6.45) is -2.96. The van der Waals surface area contributed by atoms with E-state index >= 15 is 0 Å². The third-order valence-electron chi connectivity index (χ3n) is 6.08. The molecule has 0 unspecified atom stereocenters. The Morgan fingerprint density at radius 1 is 1.18 bits per heavy atom. The van der Waals surface area contributed by atoms with E-state index in [-0.39, 0.29) is 29.3 Å². The molecule has 0 spiro atoms. The normalized spacial score (nSPS) is 15.7. The summed E-state index contributed by atoms with van der Waals surface area (Å²) in [7, 11) is 0. The van der Waals surface area contributed by atoms with Crippen molar-refractivity contribution in [3.63, 3.8) is 0 Å². The molecule has 1 aliphatic rings. The Kier molecular flexibility index (Phi) is 7.21. The molecule has 0 saturated carbocycles. The first-order valence-electron chi connectivity index (χ1n) is 11.8. The Balaban J connectivity index is 1.60. The summed E-state index contributed by atoms with van der Waals surface area (Å²) in [6.45, 7) is 3.57. The summed E-state index contributed by atoms with van der Waals surface area (Å²) >= 11 is 4.53.